The van der Waals surface area contributed by atoms with Gasteiger partial charge in [0.1, 0.15) is 0 Å². The van der Waals surface area contributed by atoms with Crippen molar-refractivity contribution in [1.29, 1.82) is 0 Å². The van der Waals surface area contributed by atoms with Crippen molar-refractivity contribution in [2.75, 3.05) is 18.5 Å². The van der Waals surface area contributed by atoms with Gasteiger partial charge in [0.05, 0.1) is 12.6 Å². The Hall–Kier alpha value is -2.28. The third-order valence-electron chi connectivity index (χ3n) is 2.81. The second-order valence-electron chi connectivity index (χ2n) is 4.22. The van der Waals surface area contributed by atoms with Crippen LogP contribution in [-0.4, -0.2) is 36.3 Å². The van der Waals surface area contributed by atoms with E-state index in [1.807, 2.05) is 0 Å². The van der Waals surface area contributed by atoms with Gasteiger partial charge in [0.25, 0.3) is 0 Å². The molecule has 1 atom stereocenters. The number of carbonyl (C=O) groups excluding carboxylic acids is 1. The molecule has 102 valence electrons. The van der Waals surface area contributed by atoms with Gasteiger partial charge in [0, 0.05) is 17.9 Å². The molecule has 2 rings (SSSR count). The van der Waals surface area contributed by atoms with E-state index >= 15 is 0 Å². The fourth-order valence-electron chi connectivity index (χ4n) is 1.78. The van der Waals surface area contributed by atoms with Crippen molar-refractivity contribution in [3.63, 3.8) is 0 Å². The fraction of sp³-hybridized carbons (Fsp3) is 0.333. The minimum absolute atomic E-state index is 0.0269. The third kappa shape index (κ3) is 3.59. The van der Waals surface area contributed by atoms with Crippen LogP contribution in [0, 0.1) is 0 Å². The maximum atomic E-state index is 11.7. The molecule has 2 amide bonds. The highest BCUT2D eigenvalue weighted by molar-refractivity contribution is 5.97. The molecule has 1 unspecified atom stereocenters. The standard InChI is InChI=1S/C12H16N4O3/c13-11(16-18)8-1-3-9(4-2-8)14-12(17)15-10-5-6-19-7-10/h1-4,10,18H,5-7H2,(H2,13,16)(H2,14,15,17). The number of urea groups is 1. The summed E-state index contributed by atoms with van der Waals surface area (Å²) in [6.45, 7) is 1.23. The van der Waals surface area contributed by atoms with Gasteiger partial charge in [-0.3, -0.25) is 0 Å². The molecule has 1 aliphatic rings. The first-order valence-electron chi connectivity index (χ1n) is 5.92. The van der Waals surface area contributed by atoms with Gasteiger partial charge in [-0.15, -0.1) is 0 Å². The maximum absolute atomic E-state index is 11.7. The average Bonchev–Trinajstić information content (AvgIpc) is 2.91. The van der Waals surface area contributed by atoms with E-state index in [9.17, 15) is 4.79 Å². The lowest BCUT2D eigenvalue weighted by Gasteiger charge is -2.12. The molecule has 1 aromatic rings. The zero-order valence-corrected chi connectivity index (χ0v) is 10.3. The van der Waals surface area contributed by atoms with E-state index in [1.54, 1.807) is 24.3 Å². The van der Waals surface area contributed by atoms with E-state index in [4.69, 9.17) is 15.7 Å². The van der Waals surface area contributed by atoms with Gasteiger partial charge in [0.15, 0.2) is 5.84 Å². The molecule has 5 N–H and O–H groups in total. The molecule has 1 aliphatic heterocycles. The van der Waals surface area contributed by atoms with Crippen molar-refractivity contribution in [3.05, 3.63) is 29.8 Å². The molecule has 1 aromatic carbocycles. The van der Waals surface area contributed by atoms with Gasteiger partial charge in [-0.25, -0.2) is 4.79 Å². The molecule has 1 saturated heterocycles. The van der Waals surface area contributed by atoms with E-state index in [0.717, 1.165) is 6.42 Å². The zero-order chi connectivity index (χ0) is 13.7. The van der Waals surface area contributed by atoms with Crippen LogP contribution in [0.25, 0.3) is 0 Å². The number of hydrogen-bond donors (Lipinski definition) is 4. The van der Waals surface area contributed by atoms with Crippen LogP contribution in [0.5, 0.6) is 0 Å². The lowest BCUT2D eigenvalue weighted by atomic mass is 10.2. The van der Waals surface area contributed by atoms with Crippen LogP contribution in [0.4, 0.5) is 10.5 Å². The number of amidine groups is 1. The first-order valence-corrected chi connectivity index (χ1v) is 5.92. The summed E-state index contributed by atoms with van der Waals surface area (Å²) in [5, 5.41) is 16.9. The van der Waals surface area contributed by atoms with Gasteiger partial charge >= 0.3 is 6.03 Å². The Morgan fingerprint density at radius 1 is 1.42 bits per heavy atom. The number of rotatable bonds is 3. The fourth-order valence-corrected chi connectivity index (χ4v) is 1.78. The molecule has 0 spiro atoms. The Kier molecular flexibility index (Phi) is 4.19. The smallest absolute Gasteiger partial charge is 0.319 e. The number of ether oxygens (including phenoxy) is 1. The number of nitrogens with two attached hydrogens (primary N) is 1. The Labute approximate surface area is 110 Å². The molecule has 1 fully saturated rings. The predicted octanol–water partition coefficient (Wildman–Crippen LogP) is 0.691. The number of carbonyl (C=O) groups is 1. The first kappa shape index (κ1) is 13.2. The summed E-state index contributed by atoms with van der Waals surface area (Å²) in [5.74, 6) is 0.0269. The topological polar surface area (TPSA) is 109 Å². The minimum Gasteiger partial charge on any atom is -0.409 e. The Bertz CT molecular complexity index is 466. The molecular formula is C12H16N4O3. The van der Waals surface area contributed by atoms with Gasteiger partial charge in [-0.05, 0) is 30.7 Å². The molecule has 0 aliphatic carbocycles. The first-order chi connectivity index (χ1) is 9.19. The second kappa shape index (κ2) is 6.05. The molecule has 0 saturated carbocycles. The molecule has 0 bridgehead atoms. The Morgan fingerprint density at radius 2 is 2.16 bits per heavy atom. The summed E-state index contributed by atoms with van der Waals surface area (Å²) >= 11 is 0. The van der Waals surface area contributed by atoms with Gasteiger partial charge in [-0.1, -0.05) is 5.16 Å². The molecular weight excluding hydrogens is 248 g/mol. The number of hydrogen-bond acceptors (Lipinski definition) is 4. The molecule has 19 heavy (non-hydrogen) atoms. The summed E-state index contributed by atoms with van der Waals surface area (Å²) < 4.78 is 5.17. The number of benzene rings is 1. The number of oxime groups is 1. The summed E-state index contributed by atoms with van der Waals surface area (Å²) in [7, 11) is 0. The van der Waals surface area contributed by atoms with Crippen molar-refractivity contribution in [3.8, 4) is 0 Å². The number of nitrogens with zero attached hydrogens (tertiary/aromatic N) is 1. The van der Waals surface area contributed by atoms with Crippen LogP contribution in [0.2, 0.25) is 0 Å². The van der Waals surface area contributed by atoms with Crippen LogP contribution < -0.4 is 16.4 Å². The highest BCUT2D eigenvalue weighted by atomic mass is 16.5. The zero-order valence-electron chi connectivity index (χ0n) is 10.3. The van der Waals surface area contributed by atoms with E-state index in [1.165, 1.54) is 0 Å². The van der Waals surface area contributed by atoms with Crippen molar-refractivity contribution in [2.24, 2.45) is 10.9 Å². The summed E-state index contributed by atoms with van der Waals surface area (Å²) in [4.78, 5) is 11.7. The number of amides is 2. The van der Waals surface area contributed by atoms with E-state index in [-0.39, 0.29) is 17.9 Å². The summed E-state index contributed by atoms with van der Waals surface area (Å²) in [5.41, 5.74) is 6.65. The van der Waals surface area contributed by atoms with Crippen molar-refractivity contribution >= 4 is 17.6 Å². The molecule has 0 aromatic heterocycles. The summed E-state index contributed by atoms with van der Waals surface area (Å²) in [6.07, 6.45) is 0.829. The number of anilines is 1. The summed E-state index contributed by atoms with van der Waals surface area (Å²) in [6, 6.07) is 6.46. The van der Waals surface area contributed by atoms with Crippen LogP contribution in [-0.2, 0) is 4.74 Å². The number of nitrogens with one attached hydrogen (secondary N) is 2. The molecule has 7 heteroatoms. The lowest BCUT2D eigenvalue weighted by molar-refractivity contribution is 0.189. The quantitative estimate of drug-likeness (QED) is 0.279. The Morgan fingerprint density at radius 3 is 2.74 bits per heavy atom. The van der Waals surface area contributed by atoms with Gasteiger partial charge < -0.3 is 26.3 Å². The van der Waals surface area contributed by atoms with Gasteiger partial charge in [0.2, 0.25) is 0 Å². The van der Waals surface area contributed by atoms with Crippen LogP contribution in [0.1, 0.15) is 12.0 Å². The highest BCUT2D eigenvalue weighted by Gasteiger charge is 2.17. The van der Waals surface area contributed by atoms with Crippen LogP contribution in [0.3, 0.4) is 0 Å². The average molecular weight is 264 g/mol. The third-order valence-corrected chi connectivity index (χ3v) is 2.81. The lowest BCUT2D eigenvalue weighted by Crippen LogP contribution is -2.38. The molecule has 7 nitrogen and oxygen atoms in total. The van der Waals surface area contributed by atoms with Crippen LogP contribution >= 0.6 is 0 Å². The predicted molar refractivity (Wildman–Crippen MR) is 70.3 cm³/mol. The minimum atomic E-state index is -0.271. The molecule has 0 radical (unpaired) electrons. The van der Waals surface area contributed by atoms with Crippen molar-refractivity contribution in [1.82, 2.24) is 5.32 Å². The van der Waals surface area contributed by atoms with E-state index in [2.05, 4.69) is 15.8 Å². The monoisotopic (exact) mass is 264 g/mol. The Balaban J connectivity index is 1.90. The highest BCUT2D eigenvalue weighted by Crippen LogP contribution is 2.10. The van der Waals surface area contributed by atoms with Crippen molar-refractivity contribution in [2.45, 2.75) is 12.5 Å². The second-order valence-corrected chi connectivity index (χ2v) is 4.22. The normalized spacial score (nSPS) is 19.2. The van der Waals surface area contributed by atoms with E-state index < -0.39 is 0 Å². The van der Waals surface area contributed by atoms with Crippen molar-refractivity contribution < 1.29 is 14.7 Å². The van der Waals surface area contributed by atoms with Crippen LogP contribution in [0.15, 0.2) is 29.4 Å². The SMILES string of the molecule is NC(=NO)c1ccc(NC(=O)NC2CCOC2)cc1. The largest absolute Gasteiger partial charge is 0.409 e. The van der Waals surface area contributed by atoms with E-state index in [0.29, 0.717) is 24.5 Å². The molecule has 1 heterocycles. The maximum Gasteiger partial charge on any atom is 0.319 e. The van der Waals surface area contributed by atoms with Gasteiger partial charge in [-0.2, -0.15) is 0 Å².